The van der Waals surface area contributed by atoms with Gasteiger partial charge in [-0.3, -0.25) is 10.00 Å². The van der Waals surface area contributed by atoms with E-state index < -0.39 is 5.60 Å². The molecule has 1 N–H and O–H groups in total. The summed E-state index contributed by atoms with van der Waals surface area (Å²) in [4.78, 5) is 27.4. The van der Waals surface area contributed by atoms with Gasteiger partial charge < -0.3 is 14.5 Å². The minimum atomic E-state index is -0.469. The van der Waals surface area contributed by atoms with Crippen molar-refractivity contribution in [3.8, 4) is 0 Å². The second kappa shape index (κ2) is 10.1. The molecular formula is C25H33N7O2. The lowest BCUT2D eigenvalue weighted by Crippen LogP contribution is -2.43. The number of piperidine rings is 1. The molecule has 0 bridgehead atoms. The Balaban J connectivity index is 1.42. The van der Waals surface area contributed by atoms with Crippen LogP contribution in [0, 0.1) is 5.92 Å². The fourth-order valence-corrected chi connectivity index (χ4v) is 4.13. The monoisotopic (exact) mass is 463 g/mol. The molecule has 34 heavy (non-hydrogen) atoms. The Morgan fingerprint density at radius 1 is 1.12 bits per heavy atom. The third kappa shape index (κ3) is 5.84. The second-order valence-corrected chi connectivity index (χ2v) is 9.65. The molecule has 1 amide bonds. The topological polar surface area (TPSA) is 90.5 Å². The lowest BCUT2D eigenvalue weighted by molar-refractivity contribution is 0.0186. The molecule has 0 radical (unpaired) electrons. The maximum atomic E-state index is 12.3. The predicted molar refractivity (Wildman–Crippen MR) is 133 cm³/mol. The van der Waals surface area contributed by atoms with E-state index in [-0.39, 0.29) is 6.09 Å². The first-order valence-electron chi connectivity index (χ1n) is 11.7. The number of ether oxygens (including phenoxy) is 1. The molecule has 0 saturated carbocycles. The number of hydrogen-bond donors (Lipinski definition) is 1. The first kappa shape index (κ1) is 23.5. The molecule has 3 aromatic rings. The SMILES string of the molecule is CN(CC1CCN(C(=O)OC(C)(C)C)CC1)c1cc(N(c2ccccc2)c2cn[nH]c2)ncn1. The van der Waals surface area contributed by atoms with Gasteiger partial charge in [0, 0.05) is 44.6 Å². The maximum absolute atomic E-state index is 12.3. The van der Waals surface area contributed by atoms with Crippen molar-refractivity contribution < 1.29 is 9.53 Å². The number of carbonyl (C=O) groups is 1. The summed E-state index contributed by atoms with van der Waals surface area (Å²) in [5.74, 6) is 2.09. The summed E-state index contributed by atoms with van der Waals surface area (Å²) in [6.45, 7) is 7.97. The van der Waals surface area contributed by atoms with Crippen molar-refractivity contribution >= 4 is 29.1 Å². The van der Waals surface area contributed by atoms with Crippen LogP contribution in [0.5, 0.6) is 0 Å². The molecule has 2 aromatic heterocycles. The van der Waals surface area contributed by atoms with Gasteiger partial charge in [0.2, 0.25) is 0 Å². The Kier molecular flexibility index (Phi) is 7.00. The zero-order valence-corrected chi connectivity index (χ0v) is 20.3. The first-order chi connectivity index (χ1) is 16.3. The van der Waals surface area contributed by atoms with Gasteiger partial charge in [-0.2, -0.15) is 5.10 Å². The van der Waals surface area contributed by atoms with Crippen molar-refractivity contribution in [2.45, 2.75) is 39.2 Å². The van der Waals surface area contributed by atoms with E-state index in [0.29, 0.717) is 19.0 Å². The average Bonchev–Trinajstić information content (AvgIpc) is 3.34. The van der Waals surface area contributed by atoms with Gasteiger partial charge in [0.05, 0.1) is 11.9 Å². The number of H-pyrrole nitrogens is 1. The number of rotatable bonds is 6. The van der Waals surface area contributed by atoms with Gasteiger partial charge in [0.25, 0.3) is 0 Å². The van der Waals surface area contributed by atoms with E-state index >= 15 is 0 Å². The van der Waals surface area contributed by atoms with Crippen LogP contribution in [0.15, 0.2) is 55.1 Å². The minimum Gasteiger partial charge on any atom is -0.444 e. The van der Waals surface area contributed by atoms with Gasteiger partial charge in [-0.05, 0) is 51.7 Å². The molecule has 1 aliphatic rings. The number of para-hydroxylation sites is 1. The van der Waals surface area contributed by atoms with Crippen LogP contribution in [0.25, 0.3) is 0 Å². The van der Waals surface area contributed by atoms with Crippen LogP contribution >= 0.6 is 0 Å². The van der Waals surface area contributed by atoms with Crippen LogP contribution < -0.4 is 9.80 Å². The standard InChI is InChI=1S/C25H33N7O2/c1-25(2,3)34-24(33)31-12-10-19(11-13-31)17-30(4)22-14-23(27-18-26-22)32(21-15-28-29-16-21)20-8-6-5-7-9-20/h5-9,14-16,18-19H,10-13,17H2,1-4H3,(H,28,29). The maximum Gasteiger partial charge on any atom is 0.410 e. The summed E-state index contributed by atoms with van der Waals surface area (Å²) in [6.07, 6.45) is 6.87. The van der Waals surface area contributed by atoms with Crippen molar-refractivity contribution in [1.29, 1.82) is 0 Å². The third-order valence-electron chi connectivity index (χ3n) is 5.81. The van der Waals surface area contributed by atoms with E-state index in [4.69, 9.17) is 4.74 Å². The van der Waals surface area contributed by atoms with Gasteiger partial charge in [-0.15, -0.1) is 0 Å². The summed E-state index contributed by atoms with van der Waals surface area (Å²) in [6, 6.07) is 12.1. The highest BCUT2D eigenvalue weighted by Gasteiger charge is 2.27. The number of hydrogen-bond acceptors (Lipinski definition) is 7. The van der Waals surface area contributed by atoms with Gasteiger partial charge in [-0.1, -0.05) is 18.2 Å². The molecule has 0 spiro atoms. The highest BCUT2D eigenvalue weighted by atomic mass is 16.6. The number of aromatic amines is 1. The Morgan fingerprint density at radius 3 is 2.47 bits per heavy atom. The van der Waals surface area contributed by atoms with Crippen molar-refractivity contribution in [1.82, 2.24) is 25.1 Å². The predicted octanol–water partition coefficient (Wildman–Crippen LogP) is 4.75. The molecular weight excluding hydrogens is 430 g/mol. The van der Waals surface area contributed by atoms with E-state index in [2.05, 4.69) is 32.1 Å². The summed E-state index contributed by atoms with van der Waals surface area (Å²) < 4.78 is 5.51. The number of nitrogens with zero attached hydrogens (tertiary/aromatic N) is 6. The molecule has 4 rings (SSSR count). The quantitative estimate of drug-likeness (QED) is 0.564. The number of carbonyl (C=O) groups excluding carboxylic acids is 1. The molecule has 0 unspecified atom stereocenters. The Hall–Kier alpha value is -3.62. The van der Waals surface area contributed by atoms with Crippen LogP contribution in [0.3, 0.4) is 0 Å². The number of anilines is 4. The summed E-state index contributed by atoms with van der Waals surface area (Å²) in [7, 11) is 2.05. The normalized spacial score (nSPS) is 14.6. The smallest absolute Gasteiger partial charge is 0.410 e. The number of nitrogens with one attached hydrogen (secondary N) is 1. The molecule has 0 aliphatic carbocycles. The number of likely N-dealkylation sites (tertiary alicyclic amines) is 1. The number of amides is 1. The molecule has 1 aliphatic heterocycles. The highest BCUT2D eigenvalue weighted by molar-refractivity contribution is 5.74. The van der Waals surface area contributed by atoms with E-state index in [1.54, 1.807) is 12.5 Å². The van der Waals surface area contributed by atoms with Crippen LogP contribution in [0.2, 0.25) is 0 Å². The molecule has 9 heteroatoms. The summed E-state index contributed by atoms with van der Waals surface area (Å²) >= 11 is 0. The minimum absolute atomic E-state index is 0.222. The van der Waals surface area contributed by atoms with E-state index in [1.807, 2.05) is 73.2 Å². The van der Waals surface area contributed by atoms with Crippen molar-refractivity contribution in [2.24, 2.45) is 5.92 Å². The summed E-state index contributed by atoms with van der Waals surface area (Å²) in [5.41, 5.74) is 1.42. The lowest BCUT2D eigenvalue weighted by atomic mass is 9.96. The number of aromatic nitrogens is 4. The Labute approximate surface area is 200 Å². The fraction of sp³-hybridized carbons (Fsp3) is 0.440. The van der Waals surface area contributed by atoms with Crippen molar-refractivity contribution in [3.63, 3.8) is 0 Å². The molecule has 180 valence electrons. The van der Waals surface area contributed by atoms with Gasteiger partial charge in [0.15, 0.2) is 0 Å². The molecule has 1 saturated heterocycles. The summed E-state index contributed by atoms with van der Waals surface area (Å²) in [5, 5.41) is 6.99. The van der Waals surface area contributed by atoms with Crippen LogP contribution in [0.1, 0.15) is 33.6 Å². The van der Waals surface area contributed by atoms with Crippen molar-refractivity contribution in [3.05, 3.63) is 55.1 Å². The molecule has 1 fully saturated rings. The molecule has 1 aromatic carbocycles. The number of benzene rings is 1. The molecule has 3 heterocycles. The molecule has 0 atom stereocenters. The van der Waals surface area contributed by atoms with Gasteiger partial charge in [0.1, 0.15) is 23.6 Å². The largest absolute Gasteiger partial charge is 0.444 e. The second-order valence-electron chi connectivity index (χ2n) is 9.65. The van der Waals surface area contributed by atoms with Crippen molar-refractivity contribution in [2.75, 3.05) is 36.5 Å². The Bertz CT molecular complexity index is 1060. The van der Waals surface area contributed by atoms with E-state index in [9.17, 15) is 4.79 Å². The van der Waals surface area contributed by atoms with Gasteiger partial charge in [-0.25, -0.2) is 14.8 Å². The average molecular weight is 464 g/mol. The lowest BCUT2D eigenvalue weighted by Gasteiger charge is -2.35. The zero-order valence-electron chi connectivity index (χ0n) is 20.3. The third-order valence-corrected chi connectivity index (χ3v) is 5.81. The highest BCUT2D eigenvalue weighted by Crippen LogP contribution is 2.33. The molecule has 9 nitrogen and oxygen atoms in total. The van der Waals surface area contributed by atoms with E-state index in [1.165, 1.54) is 0 Å². The van der Waals surface area contributed by atoms with Crippen LogP contribution in [0.4, 0.5) is 27.8 Å². The first-order valence-corrected chi connectivity index (χ1v) is 11.7. The Morgan fingerprint density at radius 2 is 1.82 bits per heavy atom. The fourth-order valence-electron chi connectivity index (χ4n) is 4.13. The van der Waals surface area contributed by atoms with E-state index in [0.717, 1.165) is 42.4 Å². The van der Waals surface area contributed by atoms with Gasteiger partial charge >= 0.3 is 6.09 Å². The zero-order chi connectivity index (χ0) is 24.1. The van der Waals surface area contributed by atoms with Crippen LogP contribution in [-0.4, -0.2) is 63.4 Å². The van der Waals surface area contributed by atoms with Crippen LogP contribution in [-0.2, 0) is 4.74 Å².